The van der Waals surface area contributed by atoms with Gasteiger partial charge in [-0.1, -0.05) is 39.0 Å². The van der Waals surface area contributed by atoms with Gasteiger partial charge in [-0.2, -0.15) is 31.4 Å². The fourth-order valence-corrected chi connectivity index (χ4v) is 3.77. The number of alkyl halides is 6. The van der Waals surface area contributed by atoms with Gasteiger partial charge in [0.1, 0.15) is 12.4 Å². The number of hydrogen-bond acceptors (Lipinski definition) is 3. The third-order valence-electron chi connectivity index (χ3n) is 5.93. The first-order valence-corrected chi connectivity index (χ1v) is 12.0. The average molecular weight is 555 g/mol. The fourth-order valence-electron chi connectivity index (χ4n) is 3.77. The summed E-state index contributed by atoms with van der Waals surface area (Å²) >= 11 is 0. The summed E-state index contributed by atoms with van der Waals surface area (Å²) in [4.78, 5) is 26.8. The highest BCUT2D eigenvalue weighted by atomic mass is 19.4. The van der Waals surface area contributed by atoms with E-state index >= 15 is 0 Å². The summed E-state index contributed by atoms with van der Waals surface area (Å²) in [5, 5.41) is 7.30. The average Bonchev–Trinajstić information content (AvgIpc) is 3.25. The number of nitrogens with one attached hydrogen (secondary N) is 1. The Balaban J connectivity index is 1.92. The maximum Gasteiger partial charge on any atom is 0.416 e. The van der Waals surface area contributed by atoms with Crippen molar-refractivity contribution in [3.8, 4) is 5.69 Å². The highest BCUT2D eigenvalue weighted by molar-refractivity contribution is 5.99. The predicted octanol–water partition coefficient (Wildman–Crippen LogP) is 6.62. The molecule has 2 aromatic carbocycles. The van der Waals surface area contributed by atoms with Crippen molar-refractivity contribution in [2.45, 2.75) is 52.4 Å². The van der Waals surface area contributed by atoms with E-state index in [9.17, 15) is 35.9 Å². The number of amides is 2. The van der Waals surface area contributed by atoms with Crippen molar-refractivity contribution in [3.05, 3.63) is 76.5 Å². The van der Waals surface area contributed by atoms with Gasteiger partial charge in [0.05, 0.1) is 22.5 Å². The van der Waals surface area contributed by atoms with Crippen LogP contribution in [0.5, 0.6) is 0 Å². The first kappa shape index (κ1) is 29.7. The number of nitrogens with zero attached hydrogens (tertiary/aromatic N) is 3. The van der Waals surface area contributed by atoms with Crippen molar-refractivity contribution in [1.82, 2.24) is 14.7 Å². The molecular weight excluding hydrogens is 526 g/mol. The Morgan fingerprint density at radius 3 is 1.97 bits per heavy atom. The standard InChI is InChI=1S/C27H28F6N4O2/c1-6-36(24(39)17-11-18(26(28,29)30)13-19(12-17)27(31,32)33)15-23(38)34-22-14-21(25(3,4)5)35-37(22)20-10-8-7-9-16(20)2/h7-14H,6,15H2,1-5H3,(H,34,38). The molecule has 39 heavy (non-hydrogen) atoms. The van der Waals surface area contributed by atoms with Gasteiger partial charge >= 0.3 is 12.4 Å². The van der Waals surface area contributed by atoms with E-state index in [4.69, 9.17) is 0 Å². The highest BCUT2D eigenvalue weighted by Gasteiger charge is 2.38. The molecule has 0 radical (unpaired) electrons. The predicted molar refractivity (Wildman–Crippen MR) is 134 cm³/mol. The molecule has 0 saturated carbocycles. The molecule has 6 nitrogen and oxygen atoms in total. The van der Waals surface area contributed by atoms with Gasteiger partial charge in [0, 0.05) is 23.6 Å². The van der Waals surface area contributed by atoms with Gasteiger partial charge in [-0.25, -0.2) is 4.68 Å². The number of carbonyl (C=O) groups is 2. The minimum atomic E-state index is -5.11. The van der Waals surface area contributed by atoms with E-state index in [1.54, 1.807) is 18.2 Å². The summed E-state index contributed by atoms with van der Waals surface area (Å²) in [6.07, 6.45) is -10.2. The van der Waals surface area contributed by atoms with E-state index < -0.39 is 47.4 Å². The van der Waals surface area contributed by atoms with E-state index in [1.807, 2.05) is 39.8 Å². The minimum absolute atomic E-state index is 0.0562. The van der Waals surface area contributed by atoms with Gasteiger partial charge in [0.2, 0.25) is 5.91 Å². The van der Waals surface area contributed by atoms with Crippen LogP contribution >= 0.6 is 0 Å². The Morgan fingerprint density at radius 2 is 1.49 bits per heavy atom. The SMILES string of the molecule is CCN(CC(=O)Nc1cc(C(C)(C)C)nn1-c1ccccc1C)C(=O)c1cc(C(F)(F)F)cc(C(F)(F)F)c1. The van der Waals surface area contributed by atoms with E-state index in [2.05, 4.69) is 10.4 Å². The van der Waals surface area contributed by atoms with E-state index in [1.165, 1.54) is 11.6 Å². The first-order chi connectivity index (χ1) is 17.9. The largest absolute Gasteiger partial charge is 0.416 e. The molecule has 0 aliphatic rings. The van der Waals surface area contributed by atoms with Gasteiger partial charge in [0.25, 0.3) is 5.91 Å². The van der Waals surface area contributed by atoms with Crippen molar-refractivity contribution in [3.63, 3.8) is 0 Å². The molecule has 1 aromatic heterocycles. The van der Waals surface area contributed by atoms with Gasteiger partial charge in [-0.15, -0.1) is 0 Å². The van der Waals surface area contributed by atoms with Crippen LogP contribution in [0.3, 0.4) is 0 Å². The van der Waals surface area contributed by atoms with Crippen LogP contribution in [-0.2, 0) is 22.6 Å². The lowest BCUT2D eigenvalue weighted by molar-refractivity contribution is -0.143. The van der Waals surface area contributed by atoms with Gasteiger partial charge in [-0.05, 0) is 43.7 Å². The molecule has 0 aliphatic carbocycles. The first-order valence-electron chi connectivity index (χ1n) is 12.0. The molecule has 0 aliphatic heterocycles. The van der Waals surface area contributed by atoms with Crippen molar-refractivity contribution < 1.29 is 35.9 Å². The summed E-state index contributed by atoms with van der Waals surface area (Å²) in [5.74, 6) is -1.56. The normalized spacial score (nSPS) is 12.4. The van der Waals surface area contributed by atoms with Crippen LogP contribution in [0.15, 0.2) is 48.5 Å². The van der Waals surface area contributed by atoms with Crippen molar-refractivity contribution >= 4 is 17.6 Å². The Kier molecular flexibility index (Phi) is 8.18. The van der Waals surface area contributed by atoms with Crippen LogP contribution in [0.25, 0.3) is 5.69 Å². The maximum atomic E-state index is 13.3. The molecule has 12 heteroatoms. The van der Waals surface area contributed by atoms with Crippen molar-refractivity contribution in [2.75, 3.05) is 18.4 Å². The topological polar surface area (TPSA) is 67.2 Å². The fraction of sp³-hybridized carbons (Fsp3) is 0.370. The number of benzene rings is 2. The zero-order valence-corrected chi connectivity index (χ0v) is 22.0. The lowest BCUT2D eigenvalue weighted by Crippen LogP contribution is -2.38. The lowest BCUT2D eigenvalue weighted by Gasteiger charge is -2.22. The number of hydrogen-bond donors (Lipinski definition) is 1. The van der Waals surface area contributed by atoms with Crippen LogP contribution in [0.2, 0.25) is 0 Å². The molecule has 0 unspecified atom stereocenters. The number of likely N-dealkylation sites (N-methyl/N-ethyl adjacent to an activating group) is 1. The Bertz CT molecular complexity index is 1340. The van der Waals surface area contributed by atoms with Crippen LogP contribution in [0.1, 0.15) is 60.4 Å². The van der Waals surface area contributed by atoms with Crippen LogP contribution in [-0.4, -0.2) is 39.6 Å². The number of anilines is 1. The number of aromatic nitrogens is 2. The number of halogens is 6. The van der Waals surface area contributed by atoms with Crippen LogP contribution < -0.4 is 5.32 Å². The summed E-state index contributed by atoms with van der Waals surface area (Å²) in [5.41, 5.74) is -2.21. The zero-order valence-electron chi connectivity index (χ0n) is 22.0. The molecule has 1 heterocycles. The number of carbonyl (C=O) groups excluding carboxylic acids is 2. The van der Waals surface area contributed by atoms with Crippen LogP contribution in [0, 0.1) is 6.92 Å². The van der Waals surface area contributed by atoms with E-state index in [-0.39, 0.29) is 18.0 Å². The molecule has 1 N–H and O–H groups in total. The second-order valence-electron chi connectivity index (χ2n) is 10.0. The Hall–Kier alpha value is -3.83. The zero-order chi connectivity index (χ0) is 29.3. The summed E-state index contributed by atoms with van der Waals surface area (Å²) in [6.45, 7) is 8.37. The van der Waals surface area contributed by atoms with Crippen molar-refractivity contribution in [2.24, 2.45) is 0 Å². The lowest BCUT2D eigenvalue weighted by atomic mass is 9.92. The van der Waals surface area contributed by atoms with E-state index in [0.29, 0.717) is 29.3 Å². The number of aryl methyl sites for hydroxylation is 1. The molecule has 0 saturated heterocycles. The smallest absolute Gasteiger partial charge is 0.330 e. The van der Waals surface area contributed by atoms with Crippen LogP contribution in [0.4, 0.5) is 32.2 Å². The Morgan fingerprint density at radius 1 is 0.923 bits per heavy atom. The number of para-hydroxylation sites is 1. The van der Waals surface area contributed by atoms with Crippen molar-refractivity contribution in [1.29, 1.82) is 0 Å². The molecule has 0 fully saturated rings. The molecule has 0 atom stereocenters. The molecule has 3 rings (SSSR count). The second-order valence-corrected chi connectivity index (χ2v) is 10.0. The highest BCUT2D eigenvalue weighted by Crippen LogP contribution is 2.36. The molecule has 210 valence electrons. The summed E-state index contributed by atoms with van der Waals surface area (Å²) in [7, 11) is 0. The molecule has 0 bridgehead atoms. The molecule has 0 spiro atoms. The monoisotopic (exact) mass is 554 g/mol. The quantitative estimate of drug-likeness (QED) is 0.349. The summed E-state index contributed by atoms with van der Waals surface area (Å²) in [6, 6.07) is 9.62. The van der Waals surface area contributed by atoms with E-state index in [0.717, 1.165) is 10.5 Å². The van der Waals surface area contributed by atoms with Gasteiger partial charge in [-0.3, -0.25) is 9.59 Å². The summed E-state index contributed by atoms with van der Waals surface area (Å²) < 4.78 is 81.1. The second kappa shape index (κ2) is 10.7. The Labute approximate surface area is 221 Å². The third kappa shape index (κ3) is 6.98. The van der Waals surface area contributed by atoms with Gasteiger partial charge < -0.3 is 10.2 Å². The maximum absolute atomic E-state index is 13.3. The minimum Gasteiger partial charge on any atom is -0.330 e. The van der Waals surface area contributed by atoms with Gasteiger partial charge in [0.15, 0.2) is 0 Å². The number of rotatable bonds is 6. The molecule has 3 aromatic rings. The molecular formula is C27H28F6N4O2. The third-order valence-corrected chi connectivity index (χ3v) is 5.93. The molecule has 2 amide bonds.